The molecule has 4 N–H and O–H groups in total. The van der Waals surface area contributed by atoms with Gasteiger partial charge < -0.3 is 15.3 Å². The van der Waals surface area contributed by atoms with Crippen molar-refractivity contribution in [2.75, 3.05) is 26.2 Å². The molecule has 0 radical (unpaired) electrons. The van der Waals surface area contributed by atoms with Gasteiger partial charge >= 0.3 is 5.97 Å². The Hall–Kier alpha value is -6.53. The SMILES string of the molecule is C.CCc1cc(-c2cc(C(=O)N3CCC(c4ccc(C#N)cc4)CC3)c(C)cc2C2CCC2)n[nH]1.CCc1cc(-c2cc(C(=O)O)c(C)cc2C2CCC2)n[nH]1.Cl.N#Cc1ccc(C2CCNCC2)cc1. The number of aromatic nitrogens is 4. The van der Waals surface area contributed by atoms with Gasteiger partial charge in [0.25, 0.3) is 5.91 Å². The number of hydrogen-bond acceptors (Lipinski definition) is 7. The predicted octanol–water partition coefficient (Wildman–Crippen LogP) is 13.1. The first kappa shape index (κ1) is 53.8. The highest BCUT2D eigenvalue weighted by Crippen LogP contribution is 2.44. The van der Waals surface area contributed by atoms with Gasteiger partial charge in [-0.15, -0.1) is 12.4 Å². The van der Waals surface area contributed by atoms with Crippen LogP contribution in [0.1, 0.15) is 186 Å². The van der Waals surface area contributed by atoms with E-state index in [0.717, 1.165) is 108 Å². The highest BCUT2D eigenvalue weighted by Gasteiger charge is 2.30. The standard InChI is InChI=1S/C29H32N4O.C17H20N2O2.C12H14N2.CH4.ClH/c1-3-24-16-28(32-31-24)27-17-25(19(2)15-26(27)23-5-4-6-23)29(34)33-13-11-22(12-14-33)21-9-7-20(18-30)8-10-21;1-3-12-8-16(19-18-12)15-9-13(17(20)21)10(2)7-14(15)11-5-4-6-11;13-9-10-1-3-11(4-2-10)12-5-7-14-8-6-12;;/h7-10,15-17,22-23H,3-6,11-14H2,1-2H3,(H,31,32);7-9,11H,3-6H2,1-2H3,(H,18,19)(H,20,21);1-4,12,14H,5-8H2;1H4;1H. The van der Waals surface area contributed by atoms with Crippen LogP contribution in [0.25, 0.3) is 22.5 Å². The number of piperidine rings is 2. The molecule has 2 aliphatic heterocycles. The van der Waals surface area contributed by atoms with Crippen LogP contribution >= 0.6 is 12.4 Å². The molecule has 6 aromatic rings. The van der Waals surface area contributed by atoms with Gasteiger partial charge in [-0.05, 0) is 197 Å². The summed E-state index contributed by atoms with van der Waals surface area (Å²) in [6, 6.07) is 32.6. The van der Waals surface area contributed by atoms with E-state index in [0.29, 0.717) is 34.8 Å². The number of carbonyl (C=O) groups is 2. The minimum absolute atomic E-state index is 0. The van der Waals surface area contributed by atoms with Gasteiger partial charge in [0.05, 0.1) is 40.2 Å². The molecule has 4 aliphatic rings. The van der Waals surface area contributed by atoms with Crippen molar-refractivity contribution >= 4 is 24.3 Å². The summed E-state index contributed by atoms with van der Waals surface area (Å²) >= 11 is 0. The molecule has 0 unspecified atom stereocenters. The summed E-state index contributed by atoms with van der Waals surface area (Å²) in [4.78, 5) is 27.0. The second kappa shape index (κ2) is 25.0. The number of benzene rings is 4. The fraction of sp³-hybridized carbons (Fsp3) is 0.424. The number of nitrogens with zero attached hydrogens (tertiary/aromatic N) is 5. The van der Waals surface area contributed by atoms with Crippen molar-refractivity contribution in [2.45, 2.75) is 136 Å². The first-order chi connectivity index (χ1) is 33.6. The lowest BCUT2D eigenvalue weighted by Crippen LogP contribution is -2.38. The normalized spacial score (nSPS) is 15.9. The molecule has 0 spiro atoms. The third kappa shape index (κ3) is 12.7. The van der Waals surface area contributed by atoms with Crippen molar-refractivity contribution in [3.8, 4) is 34.7 Å². The average Bonchev–Trinajstić information content (AvgIpc) is 4.04. The summed E-state index contributed by atoms with van der Waals surface area (Å²) in [5, 5.41) is 45.6. The van der Waals surface area contributed by atoms with Crippen LogP contribution in [0.4, 0.5) is 0 Å². The molecular weight excluding hydrogens is 904 g/mol. The Morgan fingerprint density at radius 2 is 1.04 bits per heavy atom. The Kier molecular flexibility index (Phi) is 19.0. The smallest absolute Gasteiger partial charge is 0.335 e. The third-order valence-corrected chi connectivity index (χ3v) is 15.1. The van der Waals surface area contributed by atoms with Crippen LogP contribution < -0.4 is 5.32 Å². The zero-order valence-corrected chi connectivity index (χ0v) is 41.9. The van der Waals surface area contributed by atoms with E-state index < -0.39 is 5.97 Å². The molecule has 4 heterocycles. The van der Waals surface area contributed by atoms with E-state index >= 15 is 0 Å². The Balaban J connectivity index is 0.000000190. The van der Waals surface area contributed by atoms with Crippen LogP contribution in [0.5, 0.6) is 0 Å². The Bertz CT molecular complexity index is 2810. The lowest BCUT2D eigenvalue weighted by Gasteiger charge is -2.33. The summed E-state index contributed by atoms with van der Waals surface area (Å²) < 4.78 is 0. The number of aromatic carboxylic acids is 1. The van der Waals surface area contributed by atoms with Crippen molar-refractivity contribution in [2.24, 2.45) is 0 Å². The number of likely N-dealkylation sites (tertiary alicyclic amines) is 1. The fourth-order valence-corrected chi connectivity index (χ4v) is 10.2. The number of rotatable bonds is 10. The number of aromatic amines is 2. The maximum atomic E-state index is 13.6. The maximum Gasteiger partial charge on any atom is 0.335 e. The van der Waals surface area contributed by atoms with Crippen LogP contribution in [0.2, 0.25) is 0 Å². The Morgan fingerprint density at radius 1 is 0.620 bits per heavy atom. The van der Waals surface area contributed by atoms with Crippen LogP contribution in [0, 0.1) is 36.5 Å². The number of H-pyrrole nitrogens is 2. The number of carboxylic acid groups (broad SMARTS) is 1. The minimum Gasteiger partial charge on any atom is -0.478 e. The molecule has 0 bridgehead atoms. The highest BCUT2D eigenvalue weighted by molar-refractivity contribution is 5.97. The minimum atomic E-state index is -0.875. The molecule has 2 saturated carbocycles. The zero-order chi connectivity index (χ0) is 48.4. The lowest BCUT2D eigenvalue weighted by molar-refractivity contribution is 0.0692. The maximum absolute atomic E-state index is 13.6. The molecule has 2 saturated heterocycles. The van der Waals surface area contributed by atoms with E-state index in [9.17, 15) is 14.7 Å². The van der Waals surface area contributed by atoms with Crippen molar-refractivity contribution in [1.82, 2.24) is 30.6 Å². The summed E-state index contributed by atoms with van der Waals surface area (Å²) in [7, 11) is 0. The molecule has 0 atom stereocenters. The zero-order valence-electron chi connectivity index (χ0n) is 41.1. The number of aryl methyl sites for hydroxylation is 4. The topological polar surface area (TPSA) is 175 Å². The van der Waals surface area contributed by atoms with Gasteiger partial charge in [-0.3, -0.25) is 15.0 Å². The van der Waals surface area contributed by atoms with Gasteiger partial charge in [0, 0.05) is 41.2 Å². The van der Waals surface area contributed by atoms with Gasteiger partial charge in [-0.25, -0.2) is 4.79 Å². The summed E-state index contributed by atoms with van der Waals surface area (Å²) in [6.45, 7) is 11.9. The first-order valence-corrected chi connectivity index (χ1v) is 25.2. The molecule has 4 aromatic carbocycles. The quantitative estimate of drug-likeness (QED) is 0.105. The van der Waals surface area contributed by atoms with Gasteiger partial charge in [0.1, 0.15) is 0 Å². The fourth-order valence-electron chi connectivity index (χ4n) is 10.2. The van der Waals surface area contributed by atoms with Crippen molar-refractivity contribution < 1.29 is 14.7 Å². The number of halogens is 1. The van der Waals surface area contributed by atoms with Gasteiger partial charge in [0.15, 0.2) is 0 Å². The number of nitrogens with one attached hydrogen (secondary N) is 3. The second-order valence-electron chi connectivity index (χ2n) is 19.4. The van der Waals surface area contributed by atoms with E-state index in [1.165, 1.54) is 73.6 Å². The molecular formula is C59H71ClN8O3. The lowest BCUT2D eigenvalue weighted by atomic mass is 9.76. The van der Waals surface area contributed by atoms with Gasteiger partial charge in [-0.1, -0.05) is 70.5 Å². The van der Waals surface area contributed by atoms with E-state index in [1.54, 1.807) is 6.07 Å². The Morgan fingerprint density at radius 3 is 1.42 bits per heavy atom. The van der Waals surface area contributed by atoms with Crippen molar-refractivity contribution in [3.63, 3.8) is 0 Å². The number of amides is 1. The van der Waals surface area contributed by atoms with E-state index in [-0.39, 0.29) is 25.7 Å². The number of hydrogen-bond donors (Lipinski definition) is 4. The molecule has 1 amide bonds. The van der Waals surface area contributed by atoms with Gasteiger partial charge in [0.2, 0.25) is 0 Å². The molecule has 2 aromatic heterocycles. The number of carbonyl (C=O) groups excluding carboxylic acids is 1. The molecule has 4 fully saturated rings. The van der Waals surface area contributed by atoms with Crippen LogP contribution in [0.15, 0.2) is 84.9 Å². The number of nitriles is 2. The molecule has 12 heteroatoms. The monoisotopic (exact) mass is 975 g/mol. The summed E-state index contributed by atoms with van der Waals surface area (Å²) in [5.41, 5.74) is 15.8. The predicted molar refractivity (Wildman–Crippen MR) is 285 cm³/mol. The van der Waals surface area contributed by atoms with E-state index in [1.807, 2.05) is 48.2 Å². The largest absolute Gasteiger partial charge is 0.478 e. The molecule has 11 nitrogen and oxygen atoms in total. The number of carboxylic acids is 1. The molecule has 71 heavy (non-hydrogen) atoms. The summed E-state index contributed by atoms with van der Waals surface area (Å²) in [6.07, 6.45) is 13.5. The average molecular weight is 976 g/mol. The van der Waals surface area contributed by atoms with Crippen molar-refractivity contribution in [3.05, 3.63) is 152 Å². The van der Waals surface area contributed by atoms with Crippen LogP contribution in [-0.2, 0) is 12.8 Å². The molecule has 10 rings (SSSR count). The van der Waals surface area contributed by atoms with E-state index in [2.05, 4.69) is 101 Å². The van der Waals surface area contributed by atoms with Crippen LogP contribution in [-0.4, -0.2) is 68.5 Å². The van der Waals surface area contributed by atoms with Gasteiger partial charge in [-0.2, -0.15) is 20.7 Å². The van der Waals surface area contributed by atoms with Crippen LogP contribution in [0.3, 0.4) is 0 Å². The molecule has 2 aliphatic carbocycles. The second-order valence-corrected chi connectivity index (χ2v) is 19.4. The summed E-state index contributed by atoms with van der Waals surface area (Å²) in [5.74, 6) is 1.49. The first-order valence-electron chi connectivity index (χ1n) is 25.2. The molecule has 372 valence electrons. The Labute approximate surface area is 426 Å². The van der Waals surface area contributed by atoms with E-state index in [4.69, 9.17) is 10.5 Å². The third-order valence-electron chi connectivity index (χ3n) is 15.1. The van der Waals surface area contributed by atoms with Crippen molar-refractivity contribution in [1.29, 1.82) is 10.5 Å². The highest BCUT2D eigenvalue weighted by atomic mass is 35.5.